The zero-order chi connectivity index (χ0) is 14.0. The van der Waals surface area contributed by atoms with Crippen LogP contribution in [-0.2, 0) is 4.79 Å². The predicted octanol–water partition coefficient (Wildman–Crippen LogP) is 2.54. The predicted molar refractivity (Wildman–Crippen MR) is 67.2 cm³/mol. The van der Waals surface area contributed by atoms with Crippen LogP contribution in [0.1, 0.15) is 24.8 Å². The first-order valence-electron chi connectivity index (χ1n) is 6.02. The number of hydrogen-bond acceptors (Lipinski definition) is 4. The van der Waals surface area contributed by atoms with E-state index in [2.05, 4.69) is 0 Å². The number of ether oxygens (including phenoxy) is 1. The van der Waals surface area contributed by atoms with E-state index in [0.717, 1.165) is 18.4 Å². The number of nitro benzene ring substituents is 1. The summed E-state index contributed by atoms with van der Waals surface area (Å²) in [5, 5.41) is 19.7. The summed E-state index contributed by atoms with van der Waals surface area (Å²) in [4.78, 5) is 21.1. The molecule has 6 nitrogen and oxygen atoms in total. The molecule has 0 atom stereocenters. The zero-order valence-electron chi connectivity index (χ0n) is 10.6. The van der Waals surface area contributed by atoms with Gasteiger partial charge in [-0.3, -0.25) is 14.9 Å². The van der Waals surface area contributed by atoms with Crippen molar-refractivity contribution in [2.45, 2.75) is 26.2 Å². The van der Waals surface area contributed by atoms with E-state index in [1.54, 1.807) is 12.1 Å². The largest absolute Gasteiger partial charge is 0.486 e. The molecule has 1 aromatic carbocycles. The van der Waals surface area contributed by atoms with E-state index in [4.69, 9.17) is 9.84 Å². The molecule has 2 rings (SSSR count). The normalized spacial score (nSPS) is 15.8. The van der Waals surface area contributed by atoms with Crippen LogP contribution in [0.2, 0.25) is 0 Å². The van der Waals surface area contributed by atoms with Crippen LogP contribution < -0.4 is 4.74 Å². The number of carboxylic acid groups (broad SMARTS) is 1. The molecule has 0 spiro atoms. The number of aryl methyl sites for hydroxylation is 1. The maximum atomic E-state index is 10.9. The Kier molecular flexibility index (Phi) is 3.42. The van der Waals surface area contributed by atoms with Gasteiger partial charge < -0.3 is 9.84 Å². The van der Waals surface area contributed by atoms with E-state index < -0.39 is 10.9 Å². The van der Waals surface area contributed by atoms with Crippen molar-refractivity contribution in [1.82, 2.24) is 0 Å². The van der Waals surface area contributed by atoms with E-state index >= 15 is 0 Å². The summed E-state index contributed by atoms with van der Waals surface area (Å²) in [5.74, 6) is -0.651. The average molecular weight is 265 g/mol. The maximum absolute atomic E-state index is 10.9. The molecule has 19 heavy (non-hydrogen) atoms. The zero-order valence-corrected chi connectivity index (χ0v) is 10.6. The van der Waals surface area contributed by atoms with Crippen molar-refractivity contribution in [3.05, 3.63) is 33.9 Å². The van der Waals surface area contributed by atoms with Crippen LogP contribution in [0.15, 0.2) is 18.2 Å². The van der Waals surface area contributed by atoms with Crippen molar-refractivity contribution in [3.8, 4) is 5.75 Å². The van der Waals surface area contributed by atoms with Gasteiger partial charge in [0.25, 0.3) is 0 Å². The van der Waals surface area contributed by atoms with Gasteiger partial charge in [-0.2, -0.15) is 0 Å². The third kappa shape index (κ3) is 3.21. The second-order valence-corrected chi connectivity index (χ2v) is 5.09. The minimum Gasteiger partial charge on any atom is -0.486 e. The van der Waals surface area contributed by atoms with Gasteiger partial charge in [-0.25, -0.2) is 0 Å². The van der Waals surface area contributed by atoms with Crippen LogP contribution in [0.25, 0.3) is 0 Å². The second-order valence-electron chi connectivity index (χ2n) is 5.09. The third-order valence-electron chi connectivity index (χ3n) is 3.33. The molecule has 1 N–H and O–H groups in total. The Morgan fingerprint density at radius 2 is 2.21 bits per heavy atom. The highest BCUT2D eigenvalue weighted by molar-refractivity contribution is 5.68. The highest BCUT2D eigenvalue weighted by atomic mass is 16.6. The van der Waals surface area contributed by atoms with E-state index in [-0.39, 0.29) is 29.9 Å². The summed E-state index contributed by atoms with van der Waals surface area (Å²) >= 11 is 0. The molecule has 0 aromatic heterocycles. The van der Waals surface area contributed by atoms with Crippen LogP contribution in [-0.4, -0.2) is 22.6 Å². The van der Waals surface area contributed by atoms with Gasteiger partial charge in [0.1, 0.15) is 0 Å². The van der Waals surface area contributed by atoms with Crippen LogP contribution in [0.3, 0.4) is 0 Å². The van der Waals surface area contributed by atoms with Gasteiger partial charge in [0.15, 0.2) is 5.75 Å². The standard InChI is InChI=1S/C13H15NO5/c1-9-2-3-10(14(17)18)11(6-9)19-8-13(4-5-13)7-12(15)16/h2-3,6H,4-5,7-8H2,1H3,(H,15,16). The van der Waals surface area contributed by atoms with E-state index in [1.165, 1.54) is 6.07 Å². The lowest BCUT2D eigenvalue weighted by Crippen LogP contribution is -2.17. The van der Waals surface area contributed by atoms with Gasteiger partial charge in [-0.05, 0) is 31.4 Å². The monoisotopic (exact) mass is 265 g/mol. The highest BCUT2D eigenvalue weighted by Crippen LogP contribution is 2.49. The first kappa shape index (κ1) is 13.3. The number of benzene rings is 1. The molecule has 102 valence electrons. The third-order valence-corrected chi connectivity index (χ3v) is 3.33. The molecule has 0 amide bonds. The molecule has 0 saturated heterocycles. The summed E-state index contributed by atoms with van der Waals surface area (Å²) < 4.78 is 5.50. The highest BCUT2D eigenvalue weighted by Gasteiger charge is 2.45. The molecule has 1 aliphatic carbocycles. The smallest absolute Gasteiger partial charge is 0.310 e. The van der Waals surface area contributed by atoms with Gasteiger partial charge in [0.05, 0.1) is 18.0 Å². The lowest BCUT2D eigenvalue weighted by atomic mass is 10.0. The number of carboxylic acids is 1. The molecule has 0 bridgehead atoms. The Morgan fingerprint density at radius 1 is 1.53 bits per heavy atom. The van der Waals surface area contributed by atoms with Crippen molar-refractivity contribution in [1.29, 1.82) is 0 Å². The van der Waals surface area contributed by atoms with E-state index in [9.17, 15) is 14.9 Å². The minimum atomic E-state index is -0.861. The molecule has 1 aromatic rings. The number of hydrogen-bond donors (Lipinski definition) is 1. The molecule has 0 radical (unpaired) electrons. The van der Waals surface area contributed by atoms with Crippen LogP contribution >= 0.6 is 0 Å². The number of rotatable bonds is 6. The molecule has 0 unspecified atom stereocenters. The van der Waals surface area contributed by atoms with Crippen LogP contribution in [0.4, 0.5) is 5.69 Å². The van der Waals surface area contributed by atoms with Crippen LogP contribution in [0.5, 0.6) is 5.75 Å². The molecule has 0 heterocycles. The summed E-state index contributed by atoms with van der Waals surface area (Å²) in [5.41, 5.74) is 0.434. The molecular weight excluding hydrogens is 250 g/mol. The average Bonchev–Trinajstić information content (AvgIpc) is 3.05. The summed E-state index contributed by atoms with van der Waals surface area (Å²) in [6.45, 7) is 2.03. The first-order valence-corrected chi connectivity index (χ1v) is 6.02. The van der Waals surface area contributed by atoms with E-state index in [1.807, 2.05) is 6.92 Å². The first-order chi connectivity index (χ1) is 8.92. The van der Waals surface area contributed by atoms with E-state index in [0.29, 0.717) is 0 Å². The molecular formula is C13H15NO5. The van der Waals surface area contributed by atoms with Gasteiger partial charge in [0, 0.05) is 11.5 Å². The molecule has 0 aliphatic heterocycles. The van der Waals surface area contributed by atoms with Crippen molar-refractivity contribution in [2.24, 2.45) is 5.41 Å². The fraction of sp³-hybridized carbons (Fsp3) is 0.462. The summed E-state index contributed by atoms with van der Waals surface area (Å²) in [7, 11) is 0. The Labute approximate surface area is 110 Å². The second kappa shape index (κ2) is 4.87. The Morgan fingerprint density at radius 3 is 2.74 bits per heavy atom. The number of carbonyl (C=O) groups is 1. The summed E-state index contributed by atoms with van der Waals surface area (Å²) in [6.07, 6.45) is 1.63. The quantitative estimate of drug-likeness (QED) is 0.630. The lowest BCUT2D eigenvalue weighted by Gasteiger charge is -2.14. The molecule has 6 heteroatoms. The fourth-order valence-corrected chi connectivity index (χ4v) is 1.99. The maximum Gasteiger partial charge on any atom is 0.310 e. The number of aliphatic carboxylic acids is 1. The van der Waals surface area contributed by atoms with Crippen molar-refractivity contribution < 1.29 is 19.6 Å². The molecule has 1 aliphatic rings. The number of nitro groups is 1. The topological polar surface area (TPSA) is 89.7 Å². The van der Waals surface area contributed by atoms with Crippen molar-refractivity contribution >= 4 is 11.7 Å². The Bertz CT molecular complexity index is 522. The van der Waals surface area contributed by atoms with Crippen molar-refractivity contribution in [2.75, 3.05) is 6.61 Å². The fourth-order valence-electron chi connectivity index (χ4n) is 1.99. The minimum absolute atomic E-state index is 0.0482. The SMILES string of the molecule is Cc1ccc([N+](=O)[O-])c(OCC2(CC(=O)O)CC2)c1. The Balaban J connectivity index is 2.09. The number of nitrogens with zero attached hydrogens (tertiary/aromatic N) is 1. The van der Waals surface area contributed by atoms with Crippen molar-refractivity contribution in [3.63, 3.8) is 0 Å². The molecule has 1 saturated carbocycles. The van der Waals surface area contributed by atoms with Gasteiger partial charge in [-0.1, -0.05) is 6.07 Å². The van der Waals surface area contributed by atoms with Gasteiger partial charge in [0.2, 0.25) is 0 Å². The summed E-state index contributed by atoms with van der Waals surface area (Å²) in [6, 6.07) is 4.66. The molecule has 1 fully saturated rings. The van der Waals surface area contributed by atoms with Gasteiger partial charge in [-0.15, -0.1) is 0 Å². The van der Waals surface area contributed by atoms with Crippen LogP contribution in [0, 0.1) is 22.5 Å². The van der Waals surface area contributed by atoms with Gasteiger partial charge >= 0.3 is 11.7 Å². The lowest BCUT2D eigenvalue weighted by molar-refractivity contribution is -0.385. The Hall–Kier alpha value is -2.11.